The third kappa shape index (κ3) is 4.94. The van der Waals surface area contributed by atoms with Crippen LogP contribution in [0.2, 0.25) is 0 Å². The van der Waals surface area contributed by atoms with Crippen molar-refractivity contribution in [2.75, 3.05) is 31.1 Å². The van der Waals surface area contributed by atoms with Crippen molar-refractivity contribution in [3.8, 4) is 0 Å². The number of carbonyl (C=O) groups excluding carboxylic acids is 1. The highest BCUT2D eigenvalue weighted by Gasteiger charge is 2.29. The Balaban J connectivity index is 1.60. The van der Waals surface area contributed by atoms with Crippen molar-refractivity contribution in [1.82, 2.24) is 9.29 Å². The van der Waals surface area contributed by atoms with Gasteiger partial charge in [-0.3, -0.25) is 0 Å². The van der Waals surface area contributed by atoms with E-state index in [1.54, 1.807) is 23.5 Å². The largest absolute Gasteiger partial charge is 0.455 e. The summed E-state index contributed by atoms with van der Waals surface area (Å²) in [5, 5.41) is 2.89. The summed E-state index contributed by atoms with van der Waals surface area (Å²) in [7, 11) is -3.63. The molecule has 1 aromatic carbocycles. The molecule has 31 heavy (non-hydrogen) atoms. The Labute approximate surface area is 188 Å². The van der Waals surface area contributed by atoms with Gasteiger partial charge in [0.05, 0.1) is 26.8 Å². The van der Waals surface area contributed by atoms with Crippen molar-refractivity contribution >= 4 is 33.0 Å². The lowest BCUT2D eigenvalue weighted by atomic mass is 10.1. The Morgan fingerprint density at radius 2 is 1.81 bits per heavy atom. The first kappa shape index (κ1) is 22.2. The van der Waals surface area contributed by atoms with Gasteiger partial charge < -0.3 is 9.64 Å². The average Bonchev–Trinajstić information content (AvgIpc) is 3.50. The topological polar surface area (TPSA) is 79.8 Å². The molecule has 0 radical (unpaired) electrons. The lowest BCUT2D eigenvalue weighted by Gasteiger charge is -2.27. The Morgan fingerprint density at radius 1 is 1.10 bits per heavy atom. The number of aryl methyl sites for hydroxylation is 1. The van der Waals surface area contributed by atoms with Gasteiger partial charge in [0.1, 0.15) is 6.61 Å². The molecule has 0 saturated carbocycles. The number of aromatic nitrogens is 1. The predicted molar refractivity (Wildman–Crippen MR) is 121 cm³/mol. The molecule has 1 aromatic heterocycles. The first-order chi connectivity index (χ1) is 15.0. The number of piperidine rings is 1. The molecule has 0 spiro atoms. The van der Waals surface area contributed by atoms with Crippen LogP contribution < -0.4 is 4.90 Å². The van der Waals surface area contributed by atoms with Gasteiger partial charge in [0.2, 0.25) is 10.0 Å². The SMILES string of the molecule is CCc1nc(COC(=O)c2cc(S(=O)(=O)N3CCCCC3)ccc2N2CCCC2)cs1. The second-order valence-electron chi connectivity index (χ2n) is 8.00. The number of hydrogen-bond donors (Lipinski definition) is 0. The van der Waals surface area contributed by atoms with Crippen LogP contribution in [0.3, 0.4) is 0 Å². The number of rotatable bonds is 7. The molecule has 0 bridgehead atoms. The third-order valence-electron chi connectivity index (χ3n) is 5.84. The van der Waals surface area contributed by atoms with Crippen molar-refractivity contribution in [1.29, 1.82) is 0 Å². The van der Waals surface area contributed by atoms with E-state index in [0.29, 0.717) is 18.7 Å². The number of anilines is 1. The molecule has 0 unspecified atom stereocenters. The van der Waals surface area contributed by atoms with E-state index in [0.717, 1.165) is 68.0 Å². The molecule has 2 fully saturated rings. The number of benzene rings is 1. The fourth-order valence-corrected chi connectivity index (χ4v) is 6.40. The van der Waals surface area contributed by atoms with E-state index in [4.69, 9.17) is 4.74 Å². The smallest absolute Gasteiger partial charge is 0.340 e. The van der Waals surface area contributed by atoms with Gasteiger partial charge in [0.25, 0.3) is 0 Å². The summed E-state index contributed by atoms with van der Waals surface area (Å²) in [5.74, 6) is -0.511. The van der Waals surface area contributed by atoms with Crippen LogP contribution in [0.15, 0.2) is 28.5 Å². The van der Waals surface area contributed by atoms with Crippen LogP contribution in [0, 0.1) is 0 Å². The second kappa shape index (κ2) is 9.67. The zero-order valence-electron chi connectivity index (χ0n) is 17.9. The maximum atomic E-state index is 13.2. The van der Waals surface area contributed by atoms with E-state index < -0.39 is 16.0 Å². The molecule has 9 heteroatoms. The Kier molecular flexibility index (Phi) is 6.93. The monoisotopic (exact) mass is 463 g/mol. The Morgan fingerprint density at radius 3 is 2.48 bits per heavy atom. The van der Waals surface area contributed by atoms with Crippen LogP contribution in [-0.4, -0.2) is 49.9 Å². The summed E-state index contributed by atoms with van der Waals surface area (Å²) < 4.78 is 33.4. The summed E-state index contributed by atoms with van der Waals surface area (Å²) in [6.45, 7) is 4.87. The van der Waals surface area contributed by atoms with Crippen LogP contribution in [-0.2, 0) is 27.8 Å². The summed E-state index contributed by atoms with van der Waals surface area (Å²) in [4.78, 5) is 19.8. The highest BCUT2D eigenvalue weighted by atomic mass is 32.2. The maximum Gasteiger partial charge on any atom is 0.340 e. The van der Waals surface area contributed by atoms with Crippen molar-refractivity contribution in [2.24, 2.45) is 0 Å². The molecule has 2 aliphatic rings. The van der Waals surface area contributed by atoms with Crippen LogP contribution in [0.5, 0.6) is 0 Å². The molecule has 0 atom stereocenters. The first-order valence-corrected chi connectivity index (χ1v) is 13.3. The van der Waals surface area contributed by atoms with Crippen LogP contribution in [0.1, 0.15) is 60.1 Å². The van der Waals surface area contributed by atoms with Crippen LogP contribution >= 0.6 is 11.3 Å². The van der Waals surface area contributed by atoms with E-state index >= 15 is 0 Å². The molecule has 3 heterocycles. The number of nitrogens with zero attached hydrogens (tertiary/aromatic N) is 3. The molecule has 0 amide bonds. The standard InChI is InChI=1S/C22H29N3O4S2/c1-2-21-23-17(16-30-21)15-29-22(26)19-14-18(8-9-20(19)24-10-6-7-11-24)31(27,28)25-12-4-3-5-13-25/h8-9,14,16H,2-7,10-13,15H2,1H3. The fourth-order valence-electron chi connectivity index (χ4n) is 4.12. The highest BCUT2D eigenvalue weighted by molar-refractivity contribution is 7.89. The van der Waals surface area contributed by atoms with Gasteiger partial charge in [-0.25, -0.2) is 18.2 Å². The first-order valence-electron chi connectivity index (χ1n) is 11.0. The molecule has 168 valence electrons. The average molecular weight is 464 g/mol. The molecular formula is C22H29N3O4S2. The predicted octanol–water partition coefficient (Wildman–Crippen LogP) is 3.84. The van der Waals surface area contributed by atoms with E-state index in [1.807, 2.05) is 12.3 Å². The zero-order chi connectivity index (χ0) is 21.8. The number of sulfonamides is 1. The van der Waals surface area contributed by atoms with E-state index in [-0.39, 0.29) is 11.5 Å². The maximum absolute atomic E-state index is 13.2. The van der Waals surface area contributed by atoms with Gasteiger partial charge in [-0.1, -0.05) is 13.3 Å². The van der Waals surface area contributed by atoms with Gasteiger partial charge in [-0.2, -0.15) is 4.31 Å². The molecule has 7 nitrogen and oxygen atoms in total. The fraction of sp³-hybridized carbons (Fsp3) is 0.545. The summed E-state index contributed by atoms with van der Waals surface area (Å²) in [6, 6.07) is 4.89. The molecule has 4 rings (SSSR count). The quantitative estimate of drug-likeness (QED) is 0.581. The highest BCUT2D eigenvalue weighted by Crippen LogP contribution is 2.30. The number of ether oxygens (including phenoxy) is 1. The van der Waals surface area contributed by atoms with Crippen molar-refractivity contribution in [2.45, 2.75) is 57.0 Å². The molecule has 0 aliphatic carbocycles. The van der Waals surface area contributed by atoms with E-state index in [2.05, 4.69) is 9.88 Å². The van der Waals surface area contributed by atoms with E-state index in [1.165, 1.54) is 10.4 Å². The number of thiazole rings is 1. The van der Waals surface area contributed by atoms with Gasteiger partial charge in [0.15, 0.2) is 0 Å². The van der Waals surface area contributed by atoms with E-state index in [9.17, 15) is 13.2 Å². The minimum Gasteiger partial charge on any atom is -0.455 e. The normalized spacial score (nSPS) is 17.8. The third-order valence-corrected chi connectivity index (χ3v) is 8.78. The van der Waals surface area contributed by atoms with Gasteiger partial charge in [-0.15, -0.1) is 11.3 Å². The molecule has 2 aromatic rings. The summed E-state index contributed by atoms with van der Waals surface area (Å²) >= 11 is 1.55. The lowest BCUT2D eigenvalue weighted by molar-refractivity contribution is 0.0468. The zero-order valence-corrected chi connectivity index (χ0v) is 19.5. The minimum absolute atomic E-state index is 0.0812. The van der Waals surface area contributed by atoms with Crippen LogP contribution in [0.25, 0.3) is 0 Å². The van der Waals surface area contributed by atoms with Crippen molar-refractivity contribution < 1.29 is 17.9 Å². The Bertz CT molecular complexity index is 1020. The van der Waals surface area contributed by atoms with Gasteiger partial charge >= 0.3 is 5.97 Å². The second-order valence-corrected chi connectivity index (χ2v) is 10.9. The summed E-state index contributed by atoms with van der Waals surface area (Å²) in [5.41, 5.74) is 1.77. The molecule has 0 N–H and O–H groups in total. The minimum atomic E-state index is -3.63. The van der Waals surface area contributed by atoms with Gasteiger partial charge in [0, 0.05) is 31.6 Å². The molecule has 2 aliphatic heterocycles. The number of carbonyl (C=O) groups is 1. The molecule has 2 saturated heterocycles. The number of hydrogen-bond acceptors (Lipinski definition) is 7. The lowest BCUT2D eigenvalue weighted by Crippen LogP contribution is -2.35. The number of esters is 1. The Hall–Kier alpha value is -1.97. The van der Waals surface area contributed by atoms with Gasteiger partial charge in [-0.05, 0) is 50.3 Å². The molecular weight excluding hydrogens is 434 g/mol. The van der Waals surface area contributed by atoms with Crippen molar-refractivity contribution in [3.05, 3.63) is 39.8 Å². The summed E-state index contributed by atoms with van der Waals surface area (Å²) in [6.07, 6.45) is 5.74. The van der Waals surface area contributed by atoms with Crippen LogP contribution in [0.4, 0.5) is 5.69 Å². The van der Waals surface area contributed by atoms with Crippen molar-refractivity contribution in [3.63, 3.8) is 0 Å².